The van der Waals surface area contributed by atoms with E-state index in [2.05, 4.69) is 0 Å². The van der Waals surface area contributed by atoms with Crippen molar-refractivity contribution in [2.24, 2.45) is 0 Å². The summed E-state index contributed by atoms with van der Waals surface area (Å²) in [4.78, 5) is 0.176. The molecule has 112 valence electrons. The Bertz CT molecular complexity index is 624. The Morgan fingerprint density at radius 2 is 1.90 bits per heavy atom. The molecule has 1 aromatic carbocycles. The smallest absolute Gasteiger partial charge is 0.245 e. The summed E-state index contributed by atoms with van der Waals surface area (Å²) in [6, 6.07) is 3.58. The molecule has 6 heteroatoms. The molecule has 1 atom stereocenters. The molecule has 2 rings (SSSR count). The Labute approximate surface area is 120 Å². The van der Waals surface area contributed by atoms with Gasteiger partial charge in [-0.25, -0.2) is 8.42 Å². The zero-order valence-electron chi connectivity index (χ0n) is 12.2. The molecule has 0 amide bonds. The monoisotopic (exact) mass is 298 g/mol. The van der Waals surface area contributed by atoms with Gasteiger partial charge in [-0.2, -0.15) is 4.31 Å². The van der Waals surface area contributed by atoms with Gasteiger partial charge in [0.25, 0.3) is 0 Å². The largest absolute Gasteiger partial charge is 0.397 e. The van der Waals surface area contributed by atoms with Gasteiger partial charge in [-0.05, 0) is 44.7 Å². The number of sulfonamides is 1. The molecule has 20 heavy (non-hydrogen) atoms. The lowest BCUT2D eigenvalue weighted by atomic mass is 9.97. The van der Waals surface area contributed by atoms with E-state index in [4.69, 9.17) is 5.73 Å². The highest BCUT2D eigenvalue weighted by molar-refractivity contribution is 7.89. The number of nitrogen functional groups attached to an aromatic ring is 1. The molecule has 5 nitrogen and oxygen atoms in total. The van der Waals surface area contributed by atoms with Crippen molar-refractivity contribution in [1.29, 1.82) is 0 Å². The molecule has 0 saturated carbocycles. The van der Waals surface area contributed by atoms with Gasteiger partial charge in [-0.3, -0.25) is 0 Å². The Balaban J connectivity index is 2.49. The average Bonchev–Trinajstić information content (AvgIpc) is 2.33. The summed E-state index contributed by atoms with van der Waals surface area (Å²) in [6.07, 6.45) is 1.26. The fraction of sp³-hybridized carbons (Fsp3) is 0.571. The van der Waals surface area contributed by atoms with Crippen LogP contribution in [0.25, 0.3) is 0 Å². The van der Waals surface area contributed by atoms with E-state index in [0.29, 0.717) is 30.6 Å². The van der Waals surface area contributed by atoms with E-state index in [1.807, 2.05) is 6.07 Å². The summed E-state index contributed by atoms with van der Waals surface area (Å²) < 4.78 is 26.9. The van der Waals surface area contributed by atoms with Crippen molar-refractivity contribution in [3.05, 3.63) is 23.3 Å². The molecule has 3 N–H and O–H groups in total. The summed E-state index contributed by atoms with van der Waals surface area (Å²) in [7, 11) is -3.67. The molecule has 0 aliphatic carbocycles. The zero-order valence-corrected chi connectivity index (χ0v) is 13.0. The Morgan fingerprint density at radius 1 is 1.30 bits per heavy atom. The SMILES string of the molecule is Cc1ccc(C)c(S(=O)(=O)N2CCCC(C)(O)C2)c1N. The van der Waals surface area contributed by atoms with Crippen LogP contribution >= 0.6 is 0 Å². The molecule has 1 unspecified atom stereocenters. The van der Waals surface area contributed by atoms with Crippen LogP contribution in [0.4, 0.5) is 5.69 Å². The summed E-state index contributed by atoms with van der Waals surface area (Å²) in [5, 5.41) is 10.1. The highest BCUT2D eigenvalue weighted by atomic mass is 32.2. The molecule has 0 bridgehead atoms. The number of aliphatic hydroxyl groups is 1. The second-order valence-electron chi connectivity index (χ2n) is 5.88. The fourth-order valence-corrected chi connectivity index (χ4v) is 4.65. The van der Waals surface area contributed by atoms with Crippen LogP contribution in [-0.4, -0.2) is 36.5 Å². The van der Waals surface area contributed by atoms with Crippen LogP contribution < -0.4 is 5.73 Å². The molecular formula is C14H22N2O3S. The highest BCUT2D eigenvalue weighted by Crippen LogP contribution is 2.32. The first kappa shape index (κ1) is 15.3. The summed E-state index contributed by atoms with van der Waals surface area (Å²) >= 11 is 0. The van der Waals surface area contributed by atoms with E-state index in [1.54, 1.807) is 26.8 Å². The molecule has 1 aliphatic heterocycles. The third-order valence-electron chi connectivity index (χ3n) is 3.85. The molecule has 0 spiro atoms. The van der Waals surface area contributed by atoms with Crippen LogP contribution in [0, 0.1) is 13.8 Å². The maximum absolute atomic E-state index is 12.8. The predicted molar refractivity (Wildman–Crippen MR) is 78.9 cm³/mol. The molecule has 1 heterocycles. The molecular weight excluding hydrogens is 276 g/mol. The number of aryl methyl sites for hydroxylation is 2. The van der Waals surface area contributed by atoms with Crippen molar-refractivity contribution in [3.63, 3.8) is 0 Å². The number of piperidine rings is 1. The van der Waals surface area contributed by atoms with Crippen LogP contribution in [0.15, 0.2) is 17.0 Å². The average molecular weight is 298 g/mol. The number of benzene rings is 1. The first-order valence-electron chi connectivity index (χ1n) is 6.73. The summed E-state index contributed by atoms with van der Waals surface area (Å²) in [5.41, 5.74) is 6.69. The summed E-state index contributed by atoms with van der Waals surface area (Å²) in [5.74, 6) is 0. The van der Waals surface area contributed by atoms with E-state index < -0.39 is 15.6 Å². The molecule has 1 aliphatic rings. The van der Waals surface area contributed by atoms with Gasteiger partial charge in [0.1, 0.15) is 4.90 Å². The number of hydrogen-bond donors (Lipinski definition) is 2. The van der Waals surface area contributed by atoms with Crippen molar-refractivity contribution in [2.75, 3.05) is 18.8 Å². The third-order valence-corrected chi connectivity index (χ3v) is 5.90. The fourth-order valence-electron chi connectivity index (χ4n) is 2.66. The van der Waals surface area contributed by atoms with Gasteiger partial charge in [-0.15, -0.1) is 0 Å². The van der Waals surface area contributed by atoms with Gasteiger partial charge in [0.15, 0.2) is 0 Å². The quantitative estimate of drug-likeness (QED) is 0.809. The van der Waals surface area contributed by atoms with Crippen LogP contribution in [-0.2, 0) is 10.0 Å². The van der Waals surface area contributed by atoms with E-state index in [1.165, 1.54) is 4.31 Å². The van der Waals surface area contributed by atoms with Crippen molar-refractivity contribution in [1.82, 2.24) is 4.31 Å². The minimum Gasteiger partial charge on any atom is -0.397 e. The predicted octanol–water partition coefficient (Wildman–Crippen LogP) is 1.42. The minimum absolute atomic E-state index is 0.113. The van der Waals surface area contributed by atoms with Crippen molar-refractivity contribution >= 4 is 15.7 Å². The van der Waals surface area contributed by atoms with Gasteiger partial charge >= 0.3 is 0 Å². The van der Waals surface area contributed by atoms with Crippen LogP contribution in [0.5, 0.6) is 0 Å². The normalized spacial score (nSPS) is 24.8. The number of nitrogens with zero attached hydrogens (tertiary/aromatic N) is 1. The number of rotatable bonds is 2. The standard InChI is InChI=1S/C14H22N2O3S/c1-10-5-6-11(2)13(12(10)15)20(18,19)16-8-4-7-14(3,17)9-16/h5-6,17H,4,7-9,15H2,1-3H3. The molecule has 1 aromatic rings. The maximum Gasteiger partial charge on any atom is 0.245 e. The van der Waals surface area contributed by atoms with Crippen LogP contribution in [0.3, 0.4) is 0 Å². The first-order valence-corrected chi connectivity index (χ1v) is 8.17. The highest BCUT2D eigenvalue weighted by Gasteiger charge is 2.37. The van der Waals surface area contributed by atoms with Gasteiger partial charge in [0.2, 0.25) is 10.0 Å². The van der Waals surface area contributed by atoms with Crippen LogP contribution in [0.1, 0.15) is 30.9 Å². The second kappa shape index (κ2) is 5.02. The van der Waals surface area contributed by atoms with Crippen LogP contribution in [0.2, 0.25) is 0 Å². The number of anilines is 1. The zero-order chi connectivity index (χ0) is 15.1. The van der Waals surface area contributed by atoms with E-state index in [-0.39, 0.29) is 11.4 Å². The van der Waals surface area contributed by atoms with Gasteiger partial charge in [0, 0.05) is 13.1 Å². The first-order chi connectivity index (χ1) is 9.15. The van der Waals surface area contributed by atoms with Gasteiger partial charge < -0.3 is 10.8 Å². The Kier molecular flexibility index (Phi) is 3.83. The lowest BCUT2D eigenvalue weighted by Gasteiger charge is -2.36. The van der Waals surface area contributed by atoms with Crippen molar-refractivity contribution in [2.45, 2.75) is 44.1 Å². The molecule has 1 saturated heterocycles. The molecule has 0 aromatic heterocycles. The van der Waals surface area contributed by atoms with Gasteiger partial charge in [0.05, 0.1) is 11.3 Å². The number of nitrogens with two attached hydrogens (primary N) is 1. The van der Waals surface area contributed by atoms with E-state index in [9.17, 15) is 13.5 Å². The van der Waals surface area contributed by atoms with Gasteiger partial charge in [-0.1, -0.05) is 12.1 Å². The summed E-state index contributed by atoms with van der Waals surface area (Å²) in [6.45, 7) is 5.74. The lowest BCUT2D eigenvalue weighted by Crippen LogP contribution is -2.48. The maximum atomic E-state index is 12.8. The molecule has 0 radical (unpaired) electrons. The third kappa shape index (κ3) is 2.68. The Hall–Kier alpha value is -1.11. The minimum atomic E-state index is -3.67. The molecule has 1 fully saturated rings. The van der Waals surface area contributed by atoms with E-state index in [0.717, 1.165) is 5.56 Å². The Morgan fingerprint density at radius 3 is 2.50 bits per heavy atom. The van der Waals surface area contributed by atoms with Crippen molar-refractivity contribution in [3.8, 4) is 0 Å². The number of β-amino-alcohol motifs (C(OH)–C–C–N with tert-alkyl or cyclic N) is 1. The van der Waals surface area contributed by atoms with E-state index >= 15 is 0 Å². The topological polar surface area (TPSA) is 83.6 Å². The number of hydrogen-bond acceptors (Lipinski definition) is 4. The second-order valence-corrected chi connectivity index (χ2v) is 7.76. The van der Waals surface area contributed by atoms with Crippen molar-refractivity contribution < 1.29 is 13.5 Å². The lowest BCUT2D eigenvalue weighted by molar-refractivity contribution is 0.00940.